The van der Waals surface area contributed by atoms with Crippen molar-refractivity contribution in [3.8, 4) is 0 Å². The lowest BCUT2D eigenvalue weighted by molar-refractivity contribution is -0.135. The minimum absolute atomic E-state index is 0.100. The van der Waals surface area contributed by atoms with E-state index in [0.717, 1.165) is 0 Å². The van der Waals surface area contributed by atoms with Gasteiger partial charge in [0.05, 0.1) is 24.0 Å². The number of hydrogen-bond donors (Lipinski definition) is 1. The first-order valence-corrected chi connectivity index (χ1v) is 9.58. The summed E-state index contributed by atoms with van der Waals surface area (Å²) in [5.41, 5.74) is -1.15. The molecule has 1 spiro atoms. The molecule has 4 nitrogen and oxygen atoms in total. The predicted molar refractivity (Wildman–Crippen MR) is 95.8 cm³/mol. The quantitative estimate of drug-likeness (QED) is 0.704. The van der Waals surface area contributed by atoms with Gasteiger partial charge in [-0.05, 0) is 49.8 Å². The molecule has 0 aromatic heterocycles. The number of carbonyl (C=O) groups excluding carboxylic acids is 1. The normalized spacial score (nSPS) is 28.0. The molecule has 3 rings (SSSR count). The van der Waals surface area contributed by atoms with Crippen molar-refractivity contribution in [1.29, 1.82) is 0 Å². The average molecular weight is 421 g/mol. The van der Waals surface area contributed by atoms with Crippen molar-refractivity contribution in [2.45, 2.75) is 56.7 Å². The Kier molecular flexibility index (Phi) is 6.19. The number of hydrogen-bond acceptors (Lipinski definition) is 3. The van der Waals surface area contributed by atoms with Crippen LogP contribution < -0.4 is 4.90 Å². The van der Waals surface area contributed by atoms with Crippen LogP contribution in [-0.4, -0.2) is 49.0 Å². The van der Waals surface area contributed by atoms with E-state index in [2.05, 4.69) is 0 Å². The van der Waals surface area contributed by atoms with E-state index in [1.165, 1.54) is 24.3 Å². The van der Waals surface area contributed by atoms with E-state index in [-0.39, 0.29) is 30.9 Å². The molecule has 2 aliphatic rings. The molecule has 1 heterocycles. The second-order valence-corrected chi connectivity index (χ2v) is 8.08. The summed E-state index contributed by atoms with van der Waals surface area (Å²) in [6.45, 7) is -0.464. The molecule has 1 saturated heterocycles. The second-order valence-electron chi connectivity index (χ2n) is 8.08. The number of benzene rings is 1. The number of carbonyl (C=O) groups is 1. The standard InChI is InChI=1S/C20H24F5NO3/c21-16(22)12-29-13-19(28)7-5-18(6-8-19)9-10-26(17(18)27)15-3-1-14(2-4-15)11-20(23,24)25/h1-4,16,28H,5-13H2. The van der Waals surface area contributed by atoms with Gasteiger partial charge in [-0.25, -0.2) is 8.78 Å². The number of aliphatic hydroxyl groups is 1. The molecular weight excluding hydrogens is 397 g/mol. The zero-order valence-corrected chi connectivity index (χ0v) is 15.9. The summed E-state index contributed by atoms with van der Waals surface area (Å²) in [7, 11) is 0. The number of nitrogens with zero attached hydrogens (tertiary/aromatic N) is 1. The highest BCUT2D eigenvalue weighted by Gasteiger charge is 2.51. The van der Waals surface area contributed by atoms with Crippen LogP contribution in [0.15, 0.2) is 24.3 Å². The SMILES string of the molecule is O=C1N(c2ccc(CC(F)(F)F)cc2)CCC12CCC(O)(COCC(F)F)CC2. The van der Waals surface area contributed by atoms with E-state index in [4.69, 9.17) is 4.74 Å². The molecule has 1 aromatic carbocycles. The van der Waals surface area contributed by atoms with Gasteiger partial charge in [-0.3, -0.25) is 4.79 Å². The van der Waals surface area contributed by atoms with Crippen molar-refractivity contribution in [3.05, 3.63) is 29.8 Å². The van der Waals surface area contributed by atoms with Gasteiger partial charge in [0, 0.05) is 12.2 Å². The first kappa shape index (κ1) is 22.0. The number of ether oxygens (including phenoxy) is 1. The summed E-state index contributed by atoms with van der Waals surface area (Å²) in [5, 5.41) is 10.5. The minimum Gasteiger partial charge on any atom is -0.387 e. The number of alkyl halides is 5. The highest BCUT2D eigenvalue weighted by molar-refractivity contribution is 6.00. The van der Waals surface area contributed by atoms with E-state index in [1.807, 2.05) is 0 Å². The monoisotopic (exact) mass is 421 g/mol. The molecule has 0 bridgehead atoms. The van der Waals surface area contributed by atoms with Gasteiger partial charge in [-0.15, -0.1) is 0 Å². The lowest BCUT2D eigenvalue weighted by Gasteiger charge is -2.40. The Morgan fingerprint density at radius 2 is 1.69 bits per heavy atom. The van der Waals surface area contributed by atoms with Crippen molar-refractivity contribution >= 4 is 11.6 Å². The van der Waals surface area contributed by atoms with Crippen LogP contribution in [0, 0.1) is 5.41 Å². The Bertz CT molecular complexity index is 712. The van der Waals surface area contributed by atoms with Gasteiger partial charge in [0.15, 0.2) is 0 Å². The van der Waals surface area contributed by atoms with Crippen molar-refractivity contribution < 1.29 is 36.6 Å². The van der Waals surface area contributed by atoms with Gasteiger partial charge in [0.25, 0.3) is 6.43 Å². The molecule has 1 aliphatic carbocycles. The number of anilines is 1. The molecule has 162 valence electrons. The van der Waals surface area contributed by atoms with Crippen LogP contribution in [0.2, 0.25) is 0 Å². The third kappa shape index (κ3) is 5.25. The van der Waals surface area contributed by atoms with E-state index in [9.17, 15) is 31.9 Å². The van der Waals surface area contributed by atoms with Crippen LogP contribution in [0.25, 0.3) is 0 Å². The maximum atomic E-state index is 13.0. The van der Waals surface area contributed by atoms with E-state index in [0.29, 0.717) is 31.5 Å². The second kappa shape index (κ2) is 8.18. The Morgan fingerprint density at radius 1 is 1.07 bits per heavy atom. The topological polar surface area (TPSA) is 49.8 Å². The van der Waals surface area contributed by atoms with Crippen LogP contribution in [0.4, 0.5) is 27.6 Å². The molecule has 1 amide bonds. The fraction of sp³-hybridized carbons (Fsp3) is 0.650. The molecule has 1 saturated carbocycles. The molecule has 1 aromatic rings. The Balaban J connectivity index is 1.60. The molecule has 0 unspecified atom stereocenters. The molecule has 0 atom stereocenters. The molecule has 2 fully saturated rings. The summed E-state index contributed by atoms with van der Waals surface area (Å²) in [4.78, 5) is 14.6. The first-order chi connectivity index (χ1) is 13.5. The van der Waals surface area contributed by atoms with E-state index >= 15 is 0 Å². The third-order valence-electron chi connectivity index (χ3n) is 5.92. The van der Waals surface area contributed by atoms with Gasteiger partial charge >= 0.3 is 6.18 Å². The zero-order valence-electron chi connectivity index (χ0n) is 15.9. The Labute approximate surface area is 165 Å². The maximum Gasteiger partial charge on any atom is 0.393 e. The predicted octanol–water partition coefficient (Wildman–Crippen LogP) is 4.10. The van der Waals surface area contributed by atoms with E-state index in [1.54, 1.807) is 4.90 Å². The highest BCUT2D eigenvalue weighted by atomic mass is 19.4. The van der Waals surface area contributed by atoms with Crippen LogP contribution in [0.1, 0.15) is 37.7 Å². The average Bonchev–Trinajstić information content (AvgIpc) is 2.94. The Morgan fingerprint density at radius 3 is 2.24 bits per heavy atom. The molecule has 0 radical (unpaired) electrons. The van der Waals surface area contributed by atoms with Crippen molar-refractivity contribution in [2.24, 2.45) is 5.41 Å². The fourth-order valence-electron chi connectivity index (χ4n) is 4.23. The van der Waals surface area contributed by atoms with Gasteiger partial charge < -0.3 is 14.7 Å². The highest BCUT2D eigenvalue weighted by Crippen LogP contribution is 2.48. The fourth-order valence-corrected chi connectivity index (χ4v) is 4.23. The molecule has 1 aliphatic heterocycles. The number of amides is 1. The van der Waals surface area contributed by atoms with Crippen molar-refractivity contribution in [1.82, 2.24) is 0 Å². The van der Waals surface area contributed by atoms with Crippen molar-refractivity contribution in [3.63, 3.8) is 0 Å². The summed E-state index contributed by atoms with van der Waals surface area (Å²) >= 11 is 0. The molecule has 29 heavy (non-hydrogen) atoms. The van der Waals surface area contributed by atoms with Gasteiger partial charge in [0.2, 0.25) is 5.91 Å². The maximum absolute atomic E-state index is 13.0. The van der Waals surface area contributed by atoms with Crippen LogP contribution in [-0.2, 0) is 16.0 Å². The largest absolute Gasteiger partial charge is 0.393 e. The van der Waals surface area contributed by atoms with E-state index < -0.39 is 36.6 Å². The summed E-state index contributed by atoms with van der Waals surface area (Å²) in [5.74, 6) is -0.100. The first-order valence-electron chi connectivity index (χ1n) is 9.58. The molecular formula is C20H24F5NO3. The van der Waals surface area contributed by atoms with Crippen LogP contribution in [0.5, 0.6) is 0 Å². The molecule has 1 N–H and O–H groups in total. The summed E-state index contributed by atoms with van der Waals surface area (Å²) in [6, 6.07) is 5.80. The Hall–Kier alpha value is -1.74. The summed E-state index contributed by atoms with van der Waals surface area (Å²) < 4.78 is 66.8. The third-order valence-corrected chi connectivity index (χ3v) is 5.92. The smallest absolute Gasteiger partial charge is 0.387 e. The lowest BCUT2D eigenvalue weighted by Crippen LogP contribution is -2.46. The number of halogens is 5. The molecule has 9 heteroatoms. The zero-order chi connectivity index (χ0) is 21.3. The van der Waals surface area contributed by atoms with Crippen LogP contribution >= 0.6 is 0 Å². The van der Waals surface area contributed by atoms with Gasteiger partial charge in [-0.2, -0.15) is 13.2 Å². The summed E-state index contributed by atoms with van der Waals surface area (Å²) in [6.07, 6.45) is -5.91. The minimum atomic E-state index is -4.28. The van der Waals surface area contributed by atoms with Gasteiger partial charge in [-0.1, -0.05) is 12.1 Å². The van der Waals surface area contributed by atoms with Crippen LogP contribution in [0.3, 0.4) is 0 Å². The van der Waals surface area contributed by atoms with Gasteiger partial charge in [0.1, 0.15) is 6.61 Å². The van der Waals surface area contributed by atoms with Crippen molar-refractivity contribution in [2.75, 3.05) is 24.7 Å². The lowest BCUT2D eigenvalue weighted by atomic mass is 9.68. The number of rotatable bonds is 6.